The van der Waals surface area contributed by atoms with Crippen LogP contribution < -0.4 is 70.4 Å². The molecule has 6 heterocycles. The number of carbonyl (C=O) groups is 16. The van der Waals surface area contributed by atoms with Crippen molar-refractivity contribution in [3.63, 3.8) is 0 Å². The summed E-state index contributed by atoms with van der Waals surface area (Å²) >= 11 is 0.808. The molecule has 3 aromatic carbocycles. The second-order valence-corrected chi connectivity index (χ2v) is 34.6. The third-order valence-electron chi connectivity index (χ3n) is 23.3. The predicted molar refractivity (Wildman–Crippen MR) is 473 cm³/mol. The van der Waals surface area contributed by atoms with Crippen LogP contribution in [0.1, 0.15) is 108 Å². The number of aliphatic hydroxyl groups is 3. The number of thioether (sulfide) groups is 1. The summed E-state index contributed by atoms with van der Waals surface area (Å²) in [4.78, 5) is 250. The fraction of sp³-hybridized carbons (Fsp3) is 0.523. The van der Waals surface area contributed by atoms with E-state index in [1.807, 2.05) is 0 Å². The van der Waals surface area contributed by atoms with E-state index < -0.39 is 236 Å². The van der Waals surface area contributed by atoms with Crippen LogP contribution in [0.15, 0.2) is 97.7 Å². The van der Waals surface area contributed by atoms with Gasteiger partial charge in [-0.05, 0) is 106 Å². The van der Waals surface area contributed by atoms with Crippen molar-refractivity contribution in [1.29, 1.82) is 0 Å². The highest BCUT2D eigenvalue weighted by atomic mass is 32.2. The van der Waals surface area contributed by atoms with Gasteiger partial charge in [-0.25, -0.2) is 4.98 Å². The number of primary amides is 2. The Labute approximate surface area is 753 Å². The highest BCUT2D eigenvalue weighted by Crippen LogP contribution is 2.28. The van der Waals surface area contributed by atoms with Crippen molar-refractivity contribution >= 4 is 128 Å². The van der Waals surface area contributed by atoms with E-state index in [1.165, 1.54) is 81.6 Å². The zero-order valence-electron chi connectivity index (χ0n) is 73.5. The van der Waals surface area contributed by atoms with E-state index in [-0.39, 0.29) is 94.1 Å². The number of carboxylic acids is 1. The number of para-hydroxylation sites is 2. The fourth-order valence-corrected chi connectivity index (χ4v) is 17.0. The van der Waals surface area contributed by atoms with E-state index in [9.17, 15) is 73.5 Å². The van der Waals surface area contributed by atoms with Crippen molar-refractivity contribution in [2.24, 2.45) is 23.1 Å². The molecule has 0 saturated carbocycles. The van der Waals surface area contributed by atoms with E-state index in [1.54, 1.807) is 74.8 Å². The molecular weight excluding hydrogens is 1710 g/mol. The minimum absolute atomic E-state index is 0.0155. The molecule has 3 fully saturated rings. The third-order valence-corrected chi connectivity index (χ3v) is 24.4. The molecule has 44 heteroatoms. The Hall–Kier alpha value is -12.6. The highest BCUT2D eigenvalue weighted by molar-refractivity contribution is 8.00. The first kappa shape index (κ1) is 101. The van der Waals surface area contributed by atoms with Gasteiger partial charge in [0, 0.05) is 118 Å². The number of aromatic hydroxyl groups is 1. The number of nitrogens with zero attached hydrogens (tertiary/aromatic N) is 6. The Morgan fingerprint density at radius 1 is 0.592 bits per heavy atom. The van der Waals surface area contributed by atoms with Gasteiger partial charge in [0.05, 0.1) is 62.0 Å². The van der Waals surface area contributed by atoms with Crippen molar-refractivity contribution in [3.05, 3.63) is 120 Å². The summed E-state index contributed by atoms with van der Waals surface area (Å²) in [5.41, 5.74) is 20.0. The lowest BCUT2D eigenvalue weighted by Crippen LogP contribution is -2.61. The number of aromatic amines is 3. The molecule has 0 radical (unpaired) electrons. The number of nitrogens with two attached hydrogens (primary N) is 3. The first-order chi connectivity index (χ1) is 61.8. The van der Waals surface area contributed by atoms with Crippen LogP contribution in [0.25, 0.3) is 21.8 Å². The summed E-state index contributed by atoms with van der Waals surface area (Å²) in [6.45, 7) is 3.69. The summed E-state index contributed by atoms with van der Waals surface area (Å²) in [6, 6.07) is -1.56. The first-order valence-corrected chi connectivity index (χ1v) is 44.2. The number of rotatable bonds is 23. The van der Waals surface area contributed by atoms with Crippen LogP contribution in [0, 0.1) is 5.92 Å². The molecule has 3 aromatic heterocycles. The predicted octanol–water partition coefficient (Wildman–Crippen LogP) is -4.68. The van der Waals surface area contributed by atoms with Gasteiger partial charge in [-0.15, -0.1) is 11.8 Å². The molecule has 24 N–H and O–H groups in total. The molecule has 15 amide bonds. The number of hydrogen-bond donors (Lipinski definition) is 21. The lowest BCUT2D eigenvalue weighted by molar-refractivity contribution is -0.145. The maximum Gasteiger partial charge on any atom is 0.305 e. The number of amides is 15. The zero-order chi connectivity index (χ0) is 94.9. The van der Waals surface area contributed by atoms with Crippen molar-refractivity contribution in [1.82, 2.24) is 97.6 Å². The van der Waals surface area contributed by atoms with Crippen LogP contribution in [0.2, 0.25) is 0 Å². The van der Waals surface area contributed by atoms with E-state index in [0.29, 0.717) is 51.3 Å². The molecule has 43 nitrogen and oxygen atoms in total. The minimum atomic E-state index is -1.87. The van der Waals surface area contributed by atoms with Crippen LogP contribution in [-0.4, -0.2) is 333 Å². The number of likely N-dealkylation sites (N-methyl/N-ethyl adjacent to an activating group) is 3. The number of hydrogen-bond acceptors (Lipinski definition) is 25. The maximum absolute atomic E-state index is 15.6. The molecule has 0 spiro atoms. The average molecular weight is 1830 g/mol. The number of carboxylic acid groups (broad SMARTS) is 1. The van der Waals surface area contributed by atoms with Crippen LogP contribution in [-0.2, 0) is 102 Å². The molecule has 3 saturated heterocycles. The number of aliphatic carboxylic acids is 1. The minimum Gasteiger partial charge on any atom is -0.508 e. The standard InChI is InChI=1S/C86H120N22O21S/c1-45(2)27-61-86(129)108-40-54(111)32-69(108)82(125)97-59(29-49-35-91-57-18-10-8-16-55(49)57)77(120)102-65(41-109)79(122)101-63(30-50-36-92-58-19-11-9-17-56(50)58)84(127)106(7)52(15-12-13-25-87)39-104(5)68(34-73(115)116)81(124)95-46(3)74(117)103-66(76(119)93-38-71(89)113)42-130-43-72(114)96-62(28-48-21-23-53(110)24-22-48)83(126)105(6)47(4)75(118)99-64(33-70(88)112)85(128)107-26-14-20-67(107)80(123)98-60(78(121)100-61)31-51-37-90-44-94-51/h8-11,16-19,21-24,35-37,44-47,52,54,59-69,76,91-93,109-111,119H,12-15,20,25-34,38-43,87H2,1-7H3,(H2,88,112)(H2,89,113)(H,90,94)(H,95,124)(H,96,114)(H,97,125)(H,98,123)(H,99,118)(H,100,121)(H,101,122)(H,102,120)(H,103,117)(H,115,116)/t46-,47-,52-,54+,59-,60-,61-,62-,63-,64-,65-,66-,67-,68-,69-,76?/m0/s1. The molecule has 3 aliphatic heterocycles. The fourth-order valence-electron chi connectivity index (χ4n) is 16.1. The molecule has 1 unspecified atom stereocenters. The van der Waals surface area contributed by atoms with Gasteiger partial charge in [-0.1, -0.05) is 68.8 Å². The van der Waals surface area contributed by atoms with Gasteiger partial charge in [-0.3, -0.25) is 86.9 Å². The van der Waals surface area contributed by atoms with E-state index in [4.69, 9.17) is 17.2 Å². The van der Waals surface area contributed by atoms with Crippen molar-refractivity contribution in [2.75, 3.05) is 72.0 Å². The molecule has 16 atom stereocenters. The van der Waals surface area contributed by atoms with Gasteiger partial charge < -0.3 is 125 Å². The summed E-state index contributed by atoms with van der Waals surface area (Å²) in [6.07, 6.45) is 0.707. The summed E-state index contributed by atoms with van der Waals surface area (Å²) in [5, 5.41) is 82.2. The van der Waals surface area contributed by atoms with Gasteiger partial charge >= 0.3 is 5.97 Å². The van der Waals surface area contributed by atoms with Gasteiger partial charge in [0.2, 0.25) is 88.6 Å². The Morgan fingerprint density at radius 3 is 1.76 bits per heavy atom. The number of phenols is 1. The summed E-state index contributed by atoms with van der Waals surface area (Å²) < 4.78 is 0. The Bertz CT molecular complexity index is 5000. The summed E-state index contributed by atoms with van der Waals surface area (Å²) in [5.74, 6) is -17.0. The number of aliphatic hydroxyl groups excluding tert-OH is 3. The van der Waals surface area contributed by atoms with Gasteiger partial charge in [-0.2, -0.15) is 0 Å². The number of imidazole rings is 1. The Balaban J connectivity index is 1.07. The van der Waals surface area contributed by atoms with E-state index in [0.717, 1.165) is 26.5 Å². The monoisotopic (exact) mass is 1830 g/mol. The SMILES string of the molecule is CC(C)C[C@@H]1NC(=O)[C@H](Cc2c[nH]cn2)NC(=O)[C@@H]2CCCN2C(=O)[C@H](CC(N)=O)NC(=O)[C@H](C)N(C)C(=O)[C@H](Cc2ccc(O)cc2)NC(=O)CSC[C@@H](C(O)NCC(N)=O)NC(=O)[C@H](C)NC(=O)[C@H](CC(=O)O)N(C)C[C@H](CCCCN)N(C)C(=O)[C@H](Cc2c[nH]c3ccccc23)NC(=O)[C@H](CO)NC(=O)[C@H](Cc2c[nH]c3ccccc23)NC(=O)[C@@H]2C[C@@H](O)CN2C1=O. The number of unbranched alkanes of at least 4 members (excludes halogenated alkanes) is 1. The highest BCUT2D eigenvalue weighted by Gasteiger charge is 2.46. The number of benzene rings is 3. The Kier molecular flexibility index (Phi) is 37.0. The molecule has 130 heavy (non-hydrogen) atoms. The molecule has 0 bridgehead atoms. The molecule has 6 aromatic rings. The van der Waals surface area contributed by atoms with Crippen LogP contribution in [0.3, 0.4) is 0 Å². The lowest BCUT2D eigenvalue weighted by Gasteiger charge is -2.36. The lowest BCUT2D eigenvalue weighted by atomic mass is 10.0. The Morgan fingerprint density at radius 2 is 1.16 bits per heavy atom. The average Bonchev–Trinajstić information content (AvgIpc) is 1.67. The second-order valence-electron chi connectivity index (χ2n) is 33.5. The van der Waals surface area contributed by atoms with E-state index in [2.05, 4.69) is 73.1 Å². The maximum atomic E-state index is 15.6. The van der Waals surface area contributed by atoms with Crippen molar-refractivity contribution in [2.45, 2.75) is 208 Å². The van der Waals surface area contributed by atoms with Crippen LogP contribution >= 0.6 is 11.8 Å². The second kappa shape index (κ2) is 47.6. The first-order valence-electron chi connectivity index (χ1n) is 43.0. The topological polar surface area (TPSA) is 649 Å². The summed E-state index contributed by atoms with van der Waals surface area (Å²) in [7, 11) is 4.06. The quantitative estimate of drug-likeness (QED) is 0.0212. The van der Waals surface area contributed by atoms with Crippen molar-refractivity contribution in [3.8, 4) is 5.75 Å². The van der Waals surface area contributed by atoms with Crippen LogP contribution in [0.4, 0.5) is 0 Å². The normalized spacial score (nSPS) is 25.7. The van der Waals surface area contributed by atoms with Gasteiger partial charge in [0.1, 0.15) is 78.4 Å². The molecular formula is C86H120N22O21S. The number of H-pyrrole nitrogens is 3. The molecule has 706 valence electrons. The third kappa shape index (κ3) is 28.0. The number of aromatic nitrogens is 4. The number of phenolic OH excluding ortho intramolecular Hbond substituents is 1. The van der Waals surface area contributed by atoms with Gasteiger partial charge in [0.15, 0.2) is 0 Å². The smallest absolute Gasteiger partial charge is 0.305 e. The van der Waals surface area contributed by atoms with Crippen LogP contribution in [0.5, 0.6) is 5.75 Å². The van der Waals surface area contributed by atoms with E-state index >= 15 is 28.8 Å². The molecule has 3 aliphatic rings. The largest absolute Gasteiger partial charge is 0.508 e. The van der Waals surface area contributed by atoms with Gasteiger partial charge in [0.25, 0.3) is 0 Å². The number of nitrogens with one attached hydrogen (secondary N) is 13. The molecule has 0 aliphatic carbocycles. The number of carbonyl (C=O) groups excluding carboxylic acids is 15. The van der Waals surface area contributed by atoms with Crippen molar-refractivity contribution < 1.29 is 102 Å². The molecule has 9 rings (SSSR count). The number of fused-ring (bicyclic) bond motifs is 4. The zero-order valence-corrected chi connectivity index (χ0v) is 74.3.